The minimum Gasteiger partial charge on any atom is -0.507 e. The highest BCUT2D eigenvalue weighted by atomic mass is 19.1. The Balaban J connectivity index is 1.93. The van der Waals surface area contributed by atoms with Crippen LogP contribution < -0.4 is 0 Å². The summed E-state index contributed by atoms with van der Waals surface area (Å²) in [6.07, 6.45) is 1.46. The van der Waals surface area contributed by atoms with Crippen molar-refractivity contribution >= 4 is 17.4 Å². The summed E-state index contributed by atoms with van der Waals surface area (Å²) in [5, 5.41) is 11.4. The van der Waals surface area contributed by atoms with E-state index in [1.165, 1.54) is 29.4 Å². The summed E-state index contributed by atoms with van der Waals surface area (Å²) < 4.78 is 20.3. The van der Waals surface area contributed by atoms with E-state index in [0.29, 0.717) is 11.3 Å². The Labute approximate surface area is 192 Å². The summed E-state index contributed by atoms with van der Waals surface area (Å²) >= 11 is 0. The van der Waals surface area contributed by atoms with Crippen LogP contribution in [0.25, 0.3) is 5.76 Å². The highest BCUT2D eigenvalue weighted by Gasteiger charge is 2.47. The number of halogens is 1. The molecule has 0 saturated carbocycles. The van der Waals surface area contributed by atoms with Gasteiger partial charge in [-0.2, -0.15) is 0 Å². The van der Waals surface area contributed by atoms with Gasteiger partial charge >= 0.3 is 0 Å². The minimum atomic E-state index is -1.09. The SMILES string of the molecule is Cc1ccc(C(C)(C)C)cc1/C(O)=C1\C(=O)C(=O)N(Cc2ccco2)C1c1ccccc1F. The summed E-state index contributed by atoms with van der Waals surface area (Å²) in [5.74, 6) is -2.10. The Morgan fingerprint density at radius 3 is 2.45 bits per heavy atom. The molecule has 5 nitrogen and oxygen atoms in total. The molecule has 0 aliphatic carbocycles. The van der Waals surface area contributed by atoms with Gasteiger partial charge in [0.1, 0.15) is 17.3 Å². The normalized spacial score (nSPS) is 18.2. The second-order valence-electron chi connectivity index (χ2n) is 9.31. The average molecular weight is 448 g/mol. The molecule has 1 amide bonds. The number of aliphatic hydroxyl groups is 1. The third-order valence-corrected chi connectivity index (χ3v) is 6.00. The molecular formula is C27H26FNO4. The van der Waals surface area contributed by atoms with E-state index in [-0.39, 0.29) is 28.9 Å². The number of rotatable bonds is 4. The molecule has 1 N–H and O–H groups in total. The number of hydrogen-bond acceptors (Lipinski definition) is 4. The van der Waals surface area contributed by atoms with Crippen molar-refractivity contribution in [2.75, 3.05) is 0 Å². The fraction of sp³-hybridized carbons (Fsp3) is 0.259. The van der Waals surface area contributed by atoms with Crippen LogP contribution in [-0.2, 0) is 21.5 Å². The maximum absolute atomic E-state index is 14.9. The van der Waals surface area contributed by atoms with Crippen molar-refractivity contribution in [2.45, 2.75) is 45.7 Å². The van der Waals surface area contributed by atoms with Crippen LogP contribution in [0.1, 0.15) is 54.8 Å². The second kappa shape index (κ2) is 8.35. The van der Waals surface area contributed by atoms with Crippen molar-refractivity contribution in [2.24, 2.45) is 0 Å². The van der Waals surface area contributed by atoms with Crippen LogP contribution in [-0.4, -0.2) is 21.7 Å². The monoisotopic (exact) mass is 447 g/mol. The molecule has 1 unspecified atom stereocenters. The molecule has 1 aromatic heterocycles. The summed E-state index contributed by atoms with van der Waals surface area (Å²) in [6.45, 7) is 7.92. The molecule has 1 fully saturated rings. The number of benzene rings is 2. The van der Waals surface area contributed by atoms with E-state index >= 15 is 0 Å². The van der Waals surface area contributed by atoms with Crippen molar-refractivity contribution < 1.29 is 23.5 Å². The summed E-state index contributed by atoms with van der Waals surface area (Å²) in [7, 11) is 0. The number of furan rings is 1. The average Bonchev–Trinajstić information content (AvgIpc) is 3.36. The Hall–Kier alpha value is -3.67. The molecule has 2 aromatic carbocycles. The molecule has 1 aliphatic heterocycles. The number of hydrogen-bond donors (Lipinski definition) is 1. The molecule has 3 aromatic rings. The number of aliphatic hydroxyl groups excluding tert-OH is 1. The largest absolute Gasteiger partial charge is 0.507 e. The Kier molecular flexibility index (Phi) is 5.70. The molecule has 1 saturated heterocycles. The van der Waals surface area contributed by atoms with E-state index in [1.54, 1.807) is 18.2 Å². The molecule has 0 spiro atoms. The minimum absolute atomic E-state index is 0.0334. The van der Waals surface area contributed by atoms with Crippen molar-refractivity contribution in [1.82, 2.24) is 4.90 Å². The zero-order valence-corrected chi connectivity index (χ0v) is 19.1. The molecule has 2 heterocycles. The molecule has 1 aliphatic rings. The van der Waals surface area contributed by atoms with Gasteiger partial charge < -0.3 is 14.4 Å². The fourth-order valence-corrected chi connectivity index (χ4v) is 4.12. The Bertz CT molecular complexity index is 1250. The van der Waals surface area contributed by atoms with Crippen LogP contribution >= 0.6 is 0 Å². The first-order valence-corrected chi connectivity index (χ1v) is 10.8. The third kappa shape index (κ3) is 4.09. The number of carbonyl (C=O) groups is 2. The summed E-state index contributed by atoms with van der Waals surface area (Å²) in [6, 6.07) is 13.9. The number of nitrogens with zero attached hydrogens (tertiary/aromatic N) is 1. The van der Waals surface area contributed by atoms with Crippen LogP contribution in [0.4, 0.5) is 4.39 Å². The summed E-state index contributed by atoms with van der Waals surface area (Å²) in [4.78, 5) is 27.5. The van der Waals surface area contributed by atoms with Crippen LogP contribution in [0.2, 0.25) is 0 Å². The lowest BCUT2D eigenvalue weighted by molar-refractivity contribution is -0.140. The topological polar surface area (TPSA) is 70.8 Å². The molecule has 6 heteroatoms. The van der Waals surface area contributed by atoms with Gasteiger partial charge in [-0.15, -0.1) is 0 Å². The van der Waals surface area contributed by atoms with Gasteiger partial charge in [0.2, 0.25) is 0 Å². The second-order valence-corrected chi connectivity index (χ2v) is 9.31. The summed E-state index contributed by atoms with van der Waals surface area (Å²) in [5.41, 5.74) is 1.95. The molecule has 0 radical (unpaired) electrons. The van der Waals surface area contributed by atoms with Crippen LogP contribution in [0, 0.1) is 12.7 Å². The number of amides is 1. The fourth-order valence-electron chi connectivity index (χ4n) is 4.12. The predicted molar refractivity (Wildman–Crippen MR) is 123 cm³/mol. The smallest absolute Gasteiger partial charge is 0.296 e. The van der Waals surface area contributed by atoms with Gasteiger partial charge in [-0.25, -0.2) is 4.39 Å². The number of carbonyl (C=O) groups excluding carboxylic acids is 2. The van der Waals surface area contributed by atoms with E-state index in [4.69, 9.17) is 4.42 Å². The van der Waals surface area contributed by atoms with Gasteiger partial charge in [-0.05, 0) is 47.7 Å². The van der Waals surface area contributed by atoms with Gasteiger partial charge in [-0.3, -0.25) is 9.59 Å². The zero-order valence-electron chi connectivity index (χ0n) is 19.1. The van der Waals surface area contributed by atoms with Gasteiger partial charge in [0.05, 0.1) is 24.4 Å². The Morgan fingerprint density at radius 1 is 1.09 bits per heavy atom. The lowest BCUT2D eigenvalue weighted by Gasteiger charge is -2.25. The van der Waals surface area contributed by atoms with Crippen molar-refractivity contribution in [3.8, 4) is 0 Å². The molecule has 4 rings (SSSR count). The van der Waals surface area contributed by atoms with Crippen LogP contribution in [0.15, 0.2) is 70.9 Å². The quantitative estimate of drug-likeness (QED) is 0.319. The van der Waals surface area contributed by atoms with E-state index < -0.39 is 23.5 Å². The maximum atomic E-state index is 14.9. The number of likely N-dealkylation sites (tertiary alicyclic amines) is 1. The maximum Gasteiger partial charge on any atom is 0.296 e. The first-order chi connectivity index (χ1) is 15.6. The van der Waals surface area contributed by atoms with E-state index in [2.05, 4.69) is 0 Å². The van der Waals surface area contributed by atoms with Gasteiger partial charge in [0, 0.05) is 11.1 Å². The molecule has 170 valence electrons. The highest BCUT2D eigenvalue weighted by molar-refractivity contribution is 6.46. The van der Waals surface area contributed by atoms with Gasteiger partial charge in [0.25, 0.3) is 11.7 Å². The van der Waals surface area contributed by atoms with Gasteiger partial charge in [0.15, 0.2) is 0 Å². The lowest BCUT2D eigenvalue weighted by atomic mass is 9.84. The van der Waals surface area contributed by atoms with Crippen molar-refractivity contribution in [3.63, 3.8) is 0 Å². The number of Topliss-reactive ketones (excluding diaryl/α,β-unsaturated/α-hetero) is 1. The van der Waals surface area contributed by atoms with E-state index in [1.807, 2.05) is 45.9 Å². The number of ketones is 1. The number of aryl methyl sites for hydroxylation is 1. The lowest BCUT2D eigenvalue weighted by Crippen LogP contribution is -2.29. The van der Waals surface area contributed by atoms with Crippen molar-refractivity contribution in [1.29, 1.82) is 0 Å². The van der Waals surface area contributed by atoms with Gasteiger partial charge in [-0.1, -0.05) is 51.1 Å². The first-order valence-electron chi connectivity index (χ1n) is 10.8. The standard InChI is InChI=1S/C27H26FNO4/c1-16-11-12-17(27(2,3)4)14-20(16)24(30)22-23(19-9-5-6-10-21(19)28)29(26(32)25(22)31)15-18-8-7-13-33-18/h5-14,23,30H,15H2,1-4H3/b24-22+. The first kappa shape index (κ1) is 22.5. The highest BCUT2D eigenvalue weighted by Crippen LogP contribution is 2.42. The van der Waals surface area contributed by atoms with E-state index in [9.17, 15) is 19.1 Å². The van der Waals surface area contributed by atoms with Crippen LogP contribution in [0.3, 0.4) is 0 Å². The van der Waals surface area contributed by atoms with Crippen LogP contribution in [0.5, 0.6) is 0 Å². The predicted octanol–water partition coefficient (Wildman–Crippen LogP) is 5.65. The Morgan fingerprint density at radius 2 is 1.82 bits per heavy atom. The van der Waals surface area contributed by atoms with E-state index in [0.717, 1.165) is 11.1 Å². The zero-order chi connectivity index (χ0) is 23.9. The molecule has 0 bridgehead atoms. The molecule has 33 heavy (non-hydrogen) atoms. The molecular weight excluding hydrogens is 421 g/mol. The van der Waals surface area contributed by atoms with Crippen molar-refractivity contribution in [3.05, 3.63) is 100 Å². The molecule has 1 atom stereocenters. The third-order valence-electron chi connectivity index (χ3n) is 6.00.